The van der Waals surface area contributed by atoms with Crippen molar-refractivity contribution in [2.24, 2.45) is 7.05 Å². The summed E-state index contributed by atoms with van der Waals surface area (Å²) in [5, 5.41) is 7.44. The average molecular weight is 342 g/mol. The molecule has 2 amide bonds. The summed E-state index contributed by atoms with van der Waals surface area (Å²) in [6.45, 7) is 3.04. The lowest BCUT2D eigenvalue weighted by Crippen LogP contribution is -2.54. The maximum atomic E-state index is 12.6. The van der Waals surface area contributed by atoms with E-state index in [0.717, 1.165) is 24.2 Å². The number of amides is 2. The van der Waals surface area contributed by atoms with Gasteiger partial charge in [0.2, 0.25) is 5.91 Å². The van der Waals surface area contributed by atoms with Gasteiger partial charge in [0.15, 0.2) is 5.76 Å². The van der Waals surface area contributed by atoms with Crippen LogP contribution in [0.4, 0.5) is 0 Å². The zero-order valence-corrected chi connectivity index (χ0v) is 14.5. The minimum Gasteiger partial charge on any atom is -0.456 e. The fraction of sp³-hybridized carbons (Fsp3) is 0.500. The number of carbonyl (C=O) groups is 2. The predicted octanol–water partition coefficient (Wildman–Crippen LogP) is 1.60. The summed E-state index contributed by atoms with van der Waals surface area (Å²) in [5.74, 6) is 1.22. The van der Waals surface area contributed by atoms with Crippen LogP contribution in [0.2, 0.25) is 0 Å². The molecule has 2 fully saturated rings. The molecule has 1 atom stereocenters. The van der Waals surface area contributed by atoms with Gasteiger partial charge >= 0.3 is 0 Å². The van der Waals surface area contributed by atoms with Crippen molar-refractivity contribution >= 4 is 11.8 Å². The first-order chi connectivity index (χ1) is 12.0. The highest BCUT2D eigenvalue weighted by molar-refractivity contribution is 5.91. The number of nitrogens with zero attached hydrogens (tertiary/aromatic N) is 3. The van der Waals surface area contributed by atoms with Crippen LogP contribution in [0.3, 0.4) is 0 Å². The number of furan rings is 1. The predicted molar refractivity (Wildman–Crippen MR) is 90.0 cm³/mol. The van der Waals surface area contributed by atoms with Crippen LogP contribution in [0.1, 0.15) is 47.1 Å². The van der Waals surface area contributed by atoms with Crippen molar-refractivity contribution in [1.29, 1.82) is 0 Å². The van der Waals surface area contributed by atoms with Gasteiger partial charge in [0, 0.05) is 38.7 Å². The molecule has 2 aliphatic rings. The van der Waals surface area contributed by atoms with Gasteiger partial charge in [0.05, 0.1) is 11.7 Å². The third-order valence-electron chi connectivity index (χ3n) is 5.47. The summed E-state index contributed by atoms with van der Waals surface area (Å²) in [4.78, 5) is 26.5. The Bertz CT molecular complexity index is 814. The SMILES string of the molecule is Cc1ccc(C(=O)N2CCC3(CC2)NC(=O)C[C@@H]3c2cnn(C)c2)o1. The number of aryl methyl sites for hydroxylation is 2. The molecule has 2 aromatic heterocycles. The highest BCUT2D eigenvalue weighted by atomic mass is 16.3. The number of aromatic nitrogens is 2. The molecule has 7 nitrogen and oxygen atoms in total. The largest absolute Gasteiger partial charge is 0.456 e. The molecule has 2 aromatic rings. The Morgan fingerprint density at radius 3 is 2.72 bits per heavy atom. The second kappa shape index (κ2) is 5.75. The summed E-state index contributed by atoms with van der Waals surface area (Å²) in [6.07, 6.45) is 5.79. The smallest absolute Gasteiger partial charge is 0.289 e. The van der Waals surface area contributed by atoms with E-state index in [1.165, 1.54) is 0 Å². The highest BCUT2D eigenvalue weighted by Gasteiger charge is 2.49. The standard InChI is InChI=1S/C18H22N4O3/c1-12-3-4-15(25-12)17(24)22-7-5-18(6-8-22)14(9-16(23)20-18)13-10-19-21(2)11-13/h3-4,10-11,14H,5-9H2,1-2H3,(H,20,23)/t14-/m1/s1. The lowest BCUT2D eigenvalue weighted by atomic mass is 9.75. The molecular weight excluding hydrogens is 320 g/mol. The molecule has 1 spiro atoms. The molecule has 0 aliphatic carbocycles. The van der Waals surface area contributed by atoms with E-state index < -0.39 is 0 Å². The third kappa shape index (κ3) is 2.73. The monoisotopic (exact) mass is 342 g/mol. The maximum absolute atomic E-state index is 12.6. The summed E-state index contributed by atoms with van der Waals surface area (Å²) in [7, 11) is 1.88. The Labute approximate surface area is 146 Å². The molecule has 132 valence electrons. The van der Waals surface area contributed by atoms with Crippen molar-refractivity contribution < 1.29 is 14.0 Å². The fourth-order valence-corrected chi connectivity index (χ4v) is 4.14. The average Bonchev–Trinajstić information content (AvgIpc) is 3.27. The Morgan fingerprint density at radius 1 is 1.36 bits per heavy atom. The number of carbonyl (C=O) groups excluding carboxylic acids is 2. The van der Waals surface area contributed by atoms with Gasteiger partial charge in [0.1, 0.15) is 5.76 Å². The molecule has 0 bridgehead atoms. The molecule has 1 N–H and O–H groups in total. The van der Waals surface area contributed by atoms with E-state index >= 15 is 0 Å². The van der Waals surface area contributed by atoms with Gasteiger partial charge in [-0.05, 0) is 37.5 Å². The number of piperidine rings is 1. The Kier molecular flexibility index (Phi) is 3.67. The minimum absolute atomic E-state index is 0.0785. The van der Waals surface area contributed by atoms with Crippen LogP contribution in [-0.4, -0.2) is 45.1 Å². The van der Waals surface area contributed by atoms with Crippen molar-refractivity contribution in [3.05, 3.63) is 41.6 Å². The first-order valence-corrected chi connectivity index (χ1v) is 8.62. The van der Waals surface area contributed by atoms with E-state index in [0.29, 0.717) is 25.3 Å². The van der Waals surface area contributed by atoms with Crippen molar-refractivity contribution in [3.8, 4) is 0 Å². The normalized spacial score (nSPS) is 22.4. The first kappa shape index (κ1) is 15.9. The van der Waals surface area contributed by atoms with Crippen LogP contribution >= 0.6 is 0 Å². The van der Waals surface area contributed by atoms with E-state index in [1.54, 1.807) is 16.8 Å². The van der Waals surface area contributed by atoms with Gasteiger partial charge in [-0.3, -0.25) is 14.3 Å². The lowest BCUT2D eigenvalue weighted by Gasteiger charge is -2.42. The van der Waals surface area contributed by atoms with Crippen LogP contribution in [0.15, 0.2) is 28.9 Å². The summed E-state index contributed by atoms with van der Waals surface area (Å²) < 4.78 is 7.22. The van der Waals surface area contributed by atoms with Crippen LogP contribution < -0.4 is 5.32 Å². The van der Waals surface area contributed by atoms with Gasteiger partial charge in [-0.15, -0.1) is 0 Å². The van der Waals surface area contributed by atoms with E-state index in [9.17, 15) is 9.59 Å². The van der Waals surface area contributed by atoms with Crippen molar-refractivity contribution in [1.82, 2.24) is 20.0 Å². The van der Waals surface area contributed by atoms with E-state index in [2.05, 4.69) is 10.4 Å². The van der Waals surface area contributed by atoms with Gasteiger partial charge in [-0.25, -0.2) is 0 Å². The third-order valence-corrected chi connectivity index (χ3v) is 5.47. The highest BCUT2D eigenvalue weighted by Crippen LogP contribution is 2.43. The number of hydrogen-bond acceptors (Lipinski definition) is 4. The molecular formula is C18H22N4O3. The Balaban J connectivity index is 1.51. The van der Waals surface area contributed by atoms with E-state index in [1.807, 2.05) is 31.3 Å². The number of nitrogens with one attached hydrogen (secondary N) is 1. The summed E-state index contributed by atoms with van der Waals surface area (Å²) in [6, 6.07) is 3.52. The van der Waals surface area contributed by atoms with Crippen molar-refractivity contribution in [3.63, 3.8) is 0 Å². The zero-order chi connectivity index (χ0) is 17.6. The van der Waals surface area contributed by atoms with Crippen LogP contribution in [0, 0.1) is 6.92 Å². The maximum Gasteiger partial charge on any atom is 0.289 e. The molecule has 4 rings (SSSR count). The molecule has 2 saturated heterocycles. The van der Waals surface area contributed by atoms with Crippen molar-refractivity contribution in [2.75, 3.05) is 13.1 Å². The quantitative estimate of drug-likeness (QED) is 0.899. The number of rotatable bonds is 2. The fourth-order valence-electron chi connectivity index (χ4n) is 4.14. The molecule has 0 radical (unpaired) electrons. The number of hydrogen-bond donors (Lipinski definition) is 1. The molecule has 0 aromatic carbocycles. The van der Waals surface area contributed by atoms with Crippen LogP contribution in [-0.2, 0) is 11.8 Å². The molecule has 0 unspecified atom stereocenters. The molecule has 2 aliphatic heterocycles. The minimum atomic E-state index is -0.282. The van der Waals surface area contributed by atoms with Crippen molar-refractivity contribution in [2.45, 2.75) is 37.6 Å². The lowest BCUT2D eigenvalue weighted by molar-refractivity contribution is -0.120. The first-order valence-electron chi connectivity index (χ1n) is 8.62. The number of likely N-dealkylation sites (tertiary alicyclic amines) is 1. The van der Waals surface area contributed by atoms with Gasteiger partial charge in [0.25, 0.3) is 5.91 Å². The summed E-state index contributed by atoms with van der Waals surface area (Å²) >= 11 is 0. The zero-order valence-electron chi connectivity index (χ0n) is 14.5. The van der Waals surface area contributed by atoms with Crippen LogP contribution in [0.5, 0.6) is 0 Å². The van der Waals surface area contributed by atoms with Gasteiger partial charge < -0.3 is 14.6 Å². The molecule has 4 heterocycles. The Hall–Kier alpha value is -2.57. The van der Waals surface area contributed by atoms with Gasteiger partial charge in [-0.1, -0.05) is 0 Å². The second-order valence-electron chi connectivity index (χ2n) is 7.11. The molecule has 0 saturated carbocycles. The van der Waals surface area contributed by atoms with Gasteiger partial charge in [-0.2, -0.15) is 5.10 Å². The molecule has 25 heavy (non-hydrogen) atoms. The van der Waals surface area contributed by atoms with Crippen LogP contribution in [0.25, 0.3) is 0 Å². The topological polar surface area (TPSA) is 80.4 Å². The Morgan fingerprint density at radius 2 is 2.12 bits per heavy atom. The van der Waals surface area contributed by atoms with E-state index in [4.69, 9.17) is 4.42 Å². The second-order valence-corrected chi connectivity index (χ2v) is 7.11. The summed E-state index contributed by atoms with van der Waals surface area (Å²) in [5.41, 5.74) is 0.804. The van der Waals surface area contributed by atoms with E-state index in [-0.39, 0.29) is 23.3 Å². The molecule has 7 heteroatoms.